The zero-order valence-electron chi connectivity index (χ0n) is 14.1. The topological polar surface area (TPSA) is 79.2 Å². The number of nitrogens with zero attached hydrogens (tertiary/aromatic N) is 2. The van der Waals surface area contributed by atoms with E-state index in [0.717, 1.165) is 36.3 Å². The molecule has 0 unspecified atom stereocenters. The summed E-state index contributed by atoms with van der Waals surface area (Å²) in [7, 11) is 0. The number of hydrogen-bond acceptors (Lipinski definition) is 3. The summed E-state index contributed by atoms with van der Waals surface area (Å²) in [5.74, 6) is 0.155. The van der Waals surface area contributed by atoms with Crippen molar-refractivity contribution in [3.05, 3.63) is 41.7 Å². The first-order valence-electron chi connectivity index (χ1n) is 8.40. The van der Waals surface area contributed by atoms with Crippen LogP contribution in [0, 0.1) is 19.8 Å². The molecule has 1 aliphatic rings. The number of urea groups is 1. The minimum atomic E-state index is -0.299. The van der Waals surface area contributed by atoms with Crippen LogP contribution in [0.25, 0.3) is 5.69 Å². The molecule has 0 saturated heterocycles. The van der Waals surface area contributed by atoms with E-state index < -0.39 is 0 Å². The van der Waals surface area contributed by atoms with Crippen LogP contribution in [0.4, 0.5) is 10.5 Å². The summed E-state index contributed by atoms with van der Waals surface area (Å²) in [5.41, 5.74) is 3.48. The number of carbonyl (C=O) groups is 1. The van der Waals surface area contributed by atoms with Gasteiger partial charge in [-0.1, -0.05) is 18.6 Å². The third-order valence-corrected chi connectivity index (χ3v) is 4.53. The van der Waals surface area contributed by atoms with Crippen molar-refractivity contribution in [1.82, 2.24) is 15.1 Å². The molecule has 6 heteroatoms. The standard InChI is InChI=1S/C18H24N4O2/c1-12-10-13(2)22(21-12)16-8-4-3-7-15(16)20-18(24)19-11-14-6-5-9-17(14)23/h3-4,7-8,10,14,17,23H,5-6,9,11H2,1-2H3,(H2,19,20,24)/t14-,17+/m1/s1. The molecule has 1 fully saturated rings. The molecule has 1 aromatic heterocycles. The third-order valence-electron chi connectivity index (χ3n) is 4.53. The van der Waals surface area contributed by atoms with Crippen molar-refractivity contribution < 1.29 is 9.90 Å². The average Bonchev–Trinajstić information content (AvgIpc) is 3.11. The summed E-state index contributed by atoms with van der Waals surface area (Å²) < 4.78 is 1.83. The highest BCUT2D eigenvalue weighted by atomic mass is 16.3. The molecule has 1 heterocycles. The molecule has 1 saturated carbocycles. The molecule has 2 amide bonds. The van der Waals surface area contributed by atoms with Gasteiger partial charge in [0.25, 0.3) is 0 Å². The Morgan fingerprint density at radius 3 is 2.79 bits per heavy atom. The minimum absolute atomic E-state index is 0.155. The highest BCUT2D eigenvalue weighted by Gasteiger charge is 2.25. The second-order valence-electron chi connectivity index (χ2n) is 6.45. The lowest BCUT2D eigenvalue weighted by Gasteiger charge is -2.16. The number of rotatable bonds is 4. The Kier molecular flexibility index (Phi) is 4.85. The van der Waals surface area contributed by atoms with Gasteiger partial charge < -0.3 is 15.7 Å². The van der Waals surface area contributed by atoms with Gasteiger partial charge in [0.2, 0.25) is 0 Å². The molecule has 0 aliphatic heterocycles. The van der Waals surface area contributed by atoms with Gasteiger partial charge in [0.1, 0.15) is 0 Å². The van der Waals surface area contributed by atoms with Crippen LogP contribution >= 0.6 is 0 Å². The van der Waals surface area contributed by atoms with Crippen LogP contribution in [0.15, 0.2) is 30.3 Å². The Morgan fingerprint density at radius 1 is 1.33 bits per heavy atom. The van der Waals surface area contributed by atoms with Gasteiger partial charge >= 0.3 is 6.03 Å². The fraction of sp³-hybridized carbons (Fsp3) is 0.444. The Bertz CT molecular complexity index is 726. The van der Waals surface area contributed by atoms with E-state index in [1.807, 2.05) is 48.9 Å². The molecular weight excluding hydrogens is 304 g/mol. The van der Waals surface area contributed by atoms with Crippen LogP contribution in [-0.2, 0) is 0 Å². The molecule has 1 aliphatic carbocycles. The molecular formula is C18H24N4O2. The van der Waals surface area contributed by atoms with E-state index in [9.17, 15) is 9.90 Å². The van der Waals surface area contributed by atoms with Gasteiger partial charge in [-0.2, -0.15) is 5.10 Å². The molecule has 2 aromatic rings. The molecule has 0 bridgehead atoms. The van der Waals surface area contributed by atoms with Crippen molar-refractivity contribution in [2.24, 2.45) is 5.92 Å². The Balaban J connectivity index is 1.69. The Hall–Kier alpha value is -2.34. The van der Waals surface area contributed by atoms with E-state index in [1.54, 1.807) is 0 Å². The lowest BCUT2D eigenvalue weighted by molar-refractivity contribution is 0.133. The number of nitrogens with one attached hydrogen (secondary N) is 2. The highest BCUT2D eigenvalue weighted by Crippen LogP contribution is 2.25. The van der Waals surface area contributed by atoms with E-state index in [-0.39, 0.29) is 18.1 Å². The second-order valence-corrected chi connectivity index (χ2v) is 6.45. The van der Waals surface area contributed by atoms with Crippen LogP contribution in [0.1, 0.15) is 30.7 Å². The van der Waals surface area contributed by atoms with Crippen molar-refractivity contribution in [2.45, 2.75) is 39.2 Å². The lowest BCUT2D eigenvalue weighted by atomic mass is 10.1. The molecule has 2 atom stereocenters. The number of benzene rings is 1. The monoisotopic (exact) mass is 328 g/mol. The van der Waals surface area contributed by atoms with Crippen molar-refractivity contribution >= 4 is 11.7 Å². The number of aryl methyl sites for hydroxylation is 2. The first-order valence-corrected chi connectivity index (χ1v) is 8.40. The fourth-order valence-electron chi connectivity index (χ4n) is 3.28. The molecule has 1 aromatic carbocycles. The maximum absolute atomic E-state index is 12.2. The van der Waals surface area contributed by atoms with Crippen molar-refractivity contribution in [1.29, 1.82) is 0 Å². The van der Waals surface area contributed by atoms with Gasteiger partial charge in [-0.05, 0) is 44.9 Å². The molecule has 3 N–H and O–H groups in total. The summed E-state index contributed by atoms with van der Waals surface area (Å²) >= 11 is 0. The summed E-state index contributed by atoms with van der Waals surface area (Å²) in [5, 5.41) is 20.1. The second kappa shape index (κ2) is 7.05. The predicted molar refractivity (Wildman–Crippen MR) is 93.4 cm³/mol. The SMILES string of the molecule is Cc1cc(C)n(-c2ccccc2NC(=O)NC[C@H]2CCC[C@@H]2O)n1. The van der Waals surface area contributed by atoms with Crippen LogP contribution < -0.4 is 10.6 Å². The number of anilines is 1. The van der Waals surface area contributed by atoms with Crippen molar-refractivity contribution in [3.63, 3.8) is 0 Å². The summed E-state index contributed by atoms with van der Waals surface area (Å²) in [6.07, 6.45) is 2.52. The quantitative estimate of drug-likeness (QED) is 0.807. The van der Waals surface area contributed by atoms with E-state index >= 15 is 0 Å². The predicted octanol–water partition coefficient (Wildman–Crippen LogP) is 2.77. The molecule has 6 nitrogen and oxygen atoms in total. The summed E-state index contributed by atoms with van der Waals surface area (Å²) in [6, 6.07) is 9.32. The Labute approximate surface area is 141 Å². The van der Waals surface area contributed by atoms with Gasteiger partial charge in [0, 0.05) is 18.2 Å². The minimum Gasteiger partial charge on any atom is -0.393 e. The number of aliphatic hydroxyl groups excluding tert-OH is 1. The van der Waals surface area contributed by atoms with E-state index in [4.69, 9.17) is 0 Å². The number of hydrogen-bond donors (Lipinski definition) is 3. The first kappa shape index (κ1) is 16.5. The number of para-hydroxylation sites is 2. The van der Waals surface area contributed by atoms with E-state index in [2.05, 4.69) is 15.7 Å². The average molecular weight is 328 g/mol. The summed E-state index contributed by atoms with van der Waals surface area (Å²) in [4.78, 5) is 12.2. The number of aliphatic hydroxyl groups is 1. The van der Waals surface area contributed by atoms with Gasteiger partial charge in [0.05, 0.1) is 23.2 Å². The highest BCUT2D eigenvalue weighted by molar-refractivity contribution is 5.91. The van der Waals surface area contributed by atoms with Gasteiger partial charge in [-0.3, -0.25) is 0 Å². The van der Waals surface area contributed by atoms with Gasteiger partial charge in [-0.15, -0.1) is 0 Å². The first-order chi connectivity index (χ1) is 11.5. The molecule has 0 radical (unpaired) electrons. The van der Waals surface area contributed by atoms with E-state index in [1.165, 1.54) is 0 Å². The maximum Gasteiger partial charge on any atom is 0.319 e. The van der Waals surface area contributed by atoms with Crippen molar-refractivity contribution in [3.8, 4) is 5.69 Å². The van der Waals surface area contributed by atoms with Crippen LogP contribution in [0.3, 0.4) is 0 Å². The van der Waals surface area contributed by atoms with Crippen LogP contribution in [0.2, 0.25) is 0 Å². The summed E-state index contributed by atoms with van der Waals surface area (Å²) in [6.45, 7) is 4.42. The smallest absolute Gasteiger partial charge is 0.319 e. The van der Waals surface area contributed by atoms with E-state index in [0.29, 0.717) is 12.2 Å². The van der Waals surface area contributed by atoms with Crippen LogP contribution in [0.5, 0.6) is 0 Å². The molecule has 128 valence electrons. The number of carbonyl (C=O) groups excluding carboxylic acids is 1. The zero-order chi connectivity index (χ0) is 17.1. The van der Waals surface area contributed by atoms with Crippen molar-refractivity contribution in [2.75, 3.05) is 11.9 Å². The van der Waals surface area contributed by atoms with Gasteiger partial charge in [-0.25, -0.2) is 9.48 Å². The van der Waals surface area contributed by atoms with Crippen LogP contribution in [-0.4, -0.2) is 33.6 Å². The largest absolute Gasteiger partial charge is 0.393 e. The van der Waals surface area contributed by atoms with Gasteiger partial charge in [0.15, 0.2) is 0 Å². The molecule has 24 heavy (non-hydrogen) atoms. The number of amides is 2. The zero-order valence-corrected chi connectivity index (χ0v) is 14.1. The fourth-order valence-corrected chi connectivity index (χ4v) is 3.28. The lowest BCUT2D eigenvalue weighted by Crippen LogP contribution is -2.35. The Morgan fingerprint density at radius 2 is 2.12 bits per heavy atom. The number of aromatic nitrogens is 2. The molecule has 3 rings (SSSR count). The normalized spacial score (nSPS) is 20.1. The third kappa shape index (κ3) is 3.59. The maximum atomic E-state index is 12.2. The molecule has 0 spiro atoms.